The van der Waals surface area contributed by atoms with Gasteiger partial charge in [-0.05, 0) is 47.9 Å². The fraction of sp³-hybridized carbons (Fsp3) is 0.200. The number of carbonyl (C=O) groups excluding carboxylic acids is 1. The van der Waals surface area contributed by atoms with E-state index >= 15 is 0 Å². The molecule has 1 amide bonds. The first-order valence-corrected chi connectivity index (χ1v) is 9.02. The third-order valence-electron chi connectivity index (χ3n) is 3.76. The summed E-state index contributed by atoms with van der Waals surface area (Å²) in [6.07, 6.45) is 1.78. The molecule has 128 valence electrons. The van der Waals surface area contributed by atoms with Crippen LogP contribution in [0.25, 0.3) is 10.6 Å². The van der Waals surface area contributed by atoms with Crippen LogP contribution in [0.5, 0.6) is 5.75 Å². The summed E-state index contributed by atoms with van der Waals surface area (Å²) in [7, 11) is 0. The molecule has 5 heteroatoms. The van der Waals surface area contributed by atoms with Crippen LogP contribution in [0.2, 0.25) is 0 Å². The Bertz CT molecular complexity index is 810. The highest BCUT2D eigenvalue weighted by Gasteiger charge is 2.06. The molecule has 0 fully saturated rings. The Labute approximate surface area is 151 Å². The second kappa shape index (κ2) is 7.94. The van der Waals surface area contributed by atoms with Gasteiger partial charge in [-0.2, -0.15) is 0 Å². The molecular formula is C20H20N2O2S. The van der Waals surface area contributed by atoms with E-state index in [0.29, 0.717) is 11.7 Å². The average molecular weight is 352 g/mol. The molecule has 1 heterocycles. The molecule has 0 saturated carbocycles. The highest BCUT2D eigenvalue weighted by atomic mass is 32.1. The number of thiazole rings is 1. The van der Waals surface area contributed by atoms with Gasteiger partial charge in [0.1, 0.15) is 10.8 Å². The lowest BCUT2D eigenvalue weighted by Crippen LogP contribution is -2.20. The molecule has 3 rings (SSSR count). The number of hydrogen-bond donors (Lipinski definition) is 1. The molecule has 1 N–H and O–H groups in total. The molecule has 25 heavy (non-hydrogen) atoms. The van der Waals surface area contributed by atoms with Crippen LogP contribution in [0.4, 0.5) is 5.69 Å². The zero-order valence-corrected chi connectivity index (χ0v) is 15.0. The van der Waals surface area contributed by atoms with Gasteiger partial charge in [0.2, 0.25) is 0 Å². The first kappa shape index (κ1) is 17.2. The molecule has 2 aromatic carbocycles. The number of hydrogen-bond acceptors (Lipinski definition) is 4. The third-order valence-corrected chi connectivity index (χ3v) is 4.59. The van der Waals surface area contributed by atoms with E-state index in [4.69, 9.17) is 4.74 Å². The number of amides is 1. The second-order valence-corrected chi connectivity index (χ2v) is 6.87. The fourth-order valence-corrected chi connectivity index (χ4v) is 3.00. The van der Waals surface area contributed by atoms with E-state index in [9.17, 15) is 4.79 Å². The molecule has 0 spiro atoms. The van der Waals surface area contributed by atoms with Crippen molar-refractivity contribution in [2.75, 3.05) is 11.9 Å². The minimum atomic E-state index is -0.185. The summed E-state index contributed by atoms with van der Waals surface area (Å²) < 4.78 is 5.54. The molecule has 4 nitrogen and oxygen atoms in total. The van der Waals surface area contributed by atoms with Gasteiger partial charge in [0.05, 0.1) is 0 Å². The number of benzene rings is 2. The Morgan fingerprint density at radius 2 is 1.84 bits per heavy atom. The van der Waals surface area contributed by atoms with Gasteiger partial charge in [-0.3, -0.25) is 4.79 Å². The van der Waals surface area contributed by atoms with E-state index in [1.807, 2.05) is 53.9 Å². The van der Waals surface area contributed by atoms with Crippen molar-refractivity contribution in [3.05, 3.63) is 65.7 Å². The number of ether oxygens (including phenoxy) is 1. The Kier molecular flexibility index (Phi) is 5.46. The van der Waals surface area contributed by atoms with Crippen molar-refractivity contribution in [2.45, 2.75) is 19.8 Å². The lowest BCUT2D eigenvalue weighted by atomic mass is 10.0. The molecule has 3 aromatic rings. The first-order valence-electron chi connectivity index (χ1n) is 8.14. The maximum Gasteiger partial charge on any atom is 0.262 e. The van der Waals surface area contributed by atoms with E-state index in [-0.39, 0.29) is 12.5 Å². The molecule has 1 aromatic heterocycles. The number of carbonyl (C=O) groups is 1. The minimum absolute atomic E-state index is 0.0186. The van der Waals surface area contributed by atoms with Gasteiger partial charge in [-0.1, -0.05) is 26.0 Å². The Morgan fingerprint density at radius 3 is 2.44 bits per heavy atom. The van der Waals surface area contributed by atoms with Crippen molar-refractivity contribution < 1.29 is 9.53 Å². The second-order valence-electron chi connectivity index (χ2n) is 5.98. The molecule has 0 atom stereocenters. The maximum absolute atomic E-state index is 12.0. The normalized spacial score (nSPS) is 10.7. The molecule has 0 bridgehead atoms. The van der Waals surface area contributed by atoms with E-state index in [1.54, 1.807) is 17.5 Å². The smallest absolute Gasteiger partial charge is 0.262 e. The predicted octanol–water partition coefficient (Wildman–Crippen LogP) is 4.95. The van der Waals surface area contributed by atoms with Gasteiger partial charge >= 0.3 is 0 Å². The maximum atomic E-state index is 12.0. The van der Waals surface area contributed by atoms with Crippen LogP contribution in [0.3, 0.4) is 0 Å². The Hall–Kier alpha value is -2.66. The molecule has 0 radical (unpaired) electrons. The van der Waals surface area contributed by atoms with E-state index < -0.39 is 0 Å². The topological polar surface area (TPSA) is 51.2 Å². The lowest BCUT2D eigenvalue weighted by Gasteiger charge is -2.09. The van der Waals surface area contributed by atoms with Crippen LogP contribution in [-0.2, 0) is 4.79 Å². The van der Waals surface area contributed by atoms with Crippen LogP contribution >= 0.6 is 11.3 Å². The van der Waals surface area contributed by atoms with Crippen molar-refractivity contribution in [1.82, 2.24) is 4.98 Å². The van der Waals surface area contributed by atoms with Gasteiger partial charge in [0.25, 0.3) is 5.91 Å². The molecule has 0 aliphatic carbocycles. The molecular weight excluding hydrogens is 332 g/mol. The van der Waals surface area contributed by atoms with Crippen LogP contribution < -0.4 is 10.1 Å². The van der Waals surface area contributed by atoms with Crippen LogP contribution in [0, 0.1) is 0 Å². The number of rotatable bonds is 6. The van der Waals surface area contributed by atoms with Crippen molar-refractivity contribution >= 4 is 22.9 Å². The minimum Gasteiger partial charge on any atom is -0.484 e. The summed E-state index contributed by atoms with van der Waals surface area (Å²) in [6.45, 7) is 4.27. The Balaban J connectivity index is 1.52. The van der Waals surface area contributed by atoms with E-state index in [1.165, 1.54) is 5.56 Å². The number of anilines is 1. The van der Waals surface area contributed by atoms with Gasteiger partial charge in [0.15, 0.2) is 6.61 Å². The summed E-state index contributed by atoms with van der Waals surface area (Å²) in [5.41, 5.74) is 3.02. The number of nitrogens with one attached hydrogen (secondary N) is 1. The Morgan fingerprint density at radius 1 is 1.12 bits per heavy atom. The first-order chi connectivity index (χ1) is 12.1. The van der Waals surface area contributed by atoms with Crippen LogP contribution in [0.15, 0.2) is 60.1 Å². The predicted molar refractivity (Wildman–Crippen MR) is 102 cm³/mol. The third kappa shape index (κ3) is 4.67. The zero-order chi connectivity index (χ0) is 17.6. The van der Waals surface area contributed by atoms with Gasteiger partial charge < -0.3 is 10.1 Å². The standard InChI is InChI=1S/C20H20N2O2S/c1-14(2)15-5-9-18(10-6-15)24-13-19(23)22-17-7-3-16(4-8-17)20-21-11-12-25-20/h3-12,14H,13H2,1-2H3,(H,22,23). The van der Waals surface area contributed by atoms with Crippen molar-refractivity contribution in [1.29, 1.82) is 0 Å². The summed E-state index contributed by atoms with van der Waals surface area (Å²) in [5.74, 6) is 0.985. The zero-order valence-electron chi connectivity index (χ0n) is 14.2. The van der Waals surface area contributed by atoms with Gasteiger partial charge in [0, 0.05) is 22.8 Å². The molecule has 0 unspecified atom stereocenters. The van der Waals surface area contributed by atoms with Crippen LogP contribution in [0.1, 0.15) is 25.3 Å². The number of nitrogens with zero attached hydrogens (tertiary/aromatic N) is 1. The largest absolute Gasteiger partial charge is 0.484 e. The van der Waals surface area contributed by atoms with Crippen molar-refractivity contribution in [3.63, 3.8) is 0 Å². The summed E-state index contributed by atoms with van der Waals surface area (Å²) in [6, 6.07) is 15.5. The fourth-order valence-electron chi connectivity index (χ4n) is 2.36. The lowest BCUT2D eigenvalue weighted by molar-refractivity contribution is -0.118. The van der Waals surface area contributed by atoms with Crippen LogP contribution in [-0.4, -0.2) is 17.5 Å². The number of aromatic nitrogens is 1. The van der Waals surface area contributed by atoms with E-state index in [2.05, 4.69) is 24.1 Å². The quantitative estimate of drug-likeness (QED) is 0.683. The molecule has 0 saturated heterocycles. The summed E-state index contributed by atoms with van der Waals surface area (Å²) in [5, 5.41) is 5.74. The molecule has 0 aliphatic rings. The summed E-state index contributed by atoms with van der Waals surface area (Å²) >= 11 is 1.59. The average Bonchev–Trinajstić information content (AvgIpc) is 3.15. The monoisotopic (exact) mass is 352 g/mol. The molecule has 0 aliphatic heterocycles. The van der Waals surface area contributed by atoms with E-state index in [0.717, 1.165) is 16.3 Å². The highest BCUT2D eigenvalue weighted by molar-refractivity contribution is 7.13. The van der Waals surface area contributed by atoms with Gasteiger partial charge in [-0.25, -0.2) is 4.98 Å². The van der Waals surface area contributed by atoms with Crippen molar-refractivity contribution in [2.24, 2.45) is 0 Å². The van der Waals surface area contributed by atoms with Gasteiger partial charge in [-0.15, -0.1) is 11.3 Å². The highest BCUT2D eigenvalue weighted by Crippen LogP contribution is 2.23. The van der Waals surface area contributed by atoms with Crippen molar-refractivity contribution in [3.8, 4) is 16.3 Å². The summed E-state index contributed by atoms with van der Waals surface area (Å²) in [4.78, 5) is 16.3. The SMILES string of the molecule is CC(C)c1ccc(OCC(=O)Nc2ccc(-c3nccs3)cc2)cc1.